The smallest absolute Gasteiger partial charge is 0.236 e. The molecule has 15 heavy (non-hydrogen) atoms. The minimum atomic E-state index is -3.34. The van der Waals surface area contributed by atoms with Gasteiger partial charge in [-0.25, -0.2) is 13.4 Å². The van der Waals surface area contributed by atoms with Gasteiger partial charge in [0.1, 0.15) is 0 Å². The first-order valence-electron chi connectivity index (χ1n) is 4.23. The van der Waals surface area contributed by atoms with Crippen LogP contribution < -0.4 is 4.72 Å². The highest BCUT2D eigenvalue weighted by molar-refractivity contribution is 9.11. The third kappa shape index (κ3) is 4.92. The van der Waals surface area contributed by atoms with Crippen molar-refractivity contribution in [3.63, 3.8) is 0 Å². The molecule has 1 aromatic heterocycles. The van der Waals surface area contributed by atoms with Crippen molar-refractivity contribution in [2.24, 2.45) is 0 Å². The van der Waals surface area contributed by atoms with Gasteiger partial charge in [0.2, 0.25) is 10.0 Å². The van der Waals surface area contributed by atoms with Crippen molar-refractivity contribution < 1.29 is 13.2 Å². The standard InChI is InChI=1S/C7H11BrN2O3S2/c1-2-13-3-4-15(11,12)10-7-9-5-6(8)14-7/h5H,2-4H2,1H3,(H,9,10). The molecule has 0 saturated heterocycles. The van der Waals surface area contributed by atoms with Gasteiger partial charge in [-0.1, -0.05) is 11.3 Å². The number of sulfonamides is 1. The third-order valence-electron chi connectivity index (χ3n) is 1.42. The van der Waals surface area contributed by atoms with E-state index in [2.05, 4.69) is 25.6 Å². The third-order valence-corrected chi connectivity index (χ3v) is 4.15. The highest BCUT2D eigenvalue weighted by atomic mass is 79.9. The van der Waals surface area contributed by atoms with Crippen molar-refractivity contribution in [3.05, 3.63) is 9.98 Å². The van der Waals surface area contributed by atoms with Crippen molar-refractivity contribution in [1.29, 1.82) is 0 Å². The van der Waals surface area contributed by atoms with E-state index in [1.807, 2.05) is 6.92 Å². The lowest BCUT2D eigenvalue weighted by molar-refractivity contribution is 0.163. The molecule has 0 bridgehead atoms. The lowest BCUT2D eigenvalue weighted by atomic mass is 10.8. The Labute approximate surface area is 101 Å². The average molecular weight is 315 g/mol. The van der Waals surface area contributed by atoms with Crippen molar-refractivity contribution >= 4 is 42.4 Å². The molecule has 0 unspecified atom stereocenters. The van der Waals surface area contributed by atoms with E-state index in [-0.39, 0.29) is 12.4 Å². The number of nitrogens with zero attached hydrogens (tertiary/aromatic N) is 1. The van der Waals surface area contributed by atoms with E-state index in [0.717, 1.165) is 3.79 Å². The maximum absolute atomic E-state index is 11.4. The van der Waals surface area contributed by atoms with Crippen molar-refractivity contribution in [2.75, 3.05) is 23.7 Å². The van der Waals surface area contributed by atoms with E-state index in [9.17, 15) is 8.42 Å². The fourth-order valence-electron chi connectivity index (χ4n) is 0.799. The molecule has 1 aromatic rings. The predicted molar refractivity (Wildman–Crippen MR) is 63.7 cm³/mol. The molecule has 5 nitrogen and oxygen atoms in total. The number of nitrogens with one attached hydrogen (secondary N) is 1. The molecule has 1 rings (SSSR count). The molecule has 0 aromatic carbocycles. The van der Waals surface area contributed by atoms with Gasteiger partial charge in [0.25, 0.3) is 0 Å². The Bertz CT molecular complexity index is 404. The van der Waals surface area contributed by atoms with Crippen LogP contribution in [-0.4, -0.2) is 32.4 Å². The summed E-state index contributed by atoms with van der Waals surface area (Å²) < 4.78 is 31.0. The number of thiazole rings is 1. The molecule has 8 heteroatoms. The van der Waals surface area contributed by atoms with Crippen LogP contribution in [0.5, 0.6) is 0 Å². The second-order valence-corrected chi connectivity index (χ2v) is 6.84. The van der Waals surface area contributed by atoms with Gasteiger partial charge in [-0.3, -0.25) is 4.72 Å². The average Bonchev–Trinajstić information content (AvgIpc) is 2.50. The van der Waals surface area contributed by atoms with Crippen LogP contribution in [0.25, 0.3) is 0 Å². The number of hydrogen-bond acceptors (Lipinski definition) is 5. The molecule has 0 aliphatic carbocycles. The van der Waals surface area contributed by atoms with E-state index < -0.39 is 10.0 Å². The minimum absolute atomic E-state index is 0.0575. The summed E-state index contributed by atoms with van der Waals surface area (Å²) in [6.45, 7) is 2.52. The first kappa shape index (κ1) is 12.9. The normalized spacial score (nSPS) is 11.6. The minimum Gasteiger partial charge on any atom is -0.381 e. The van der Waals surface area contributed by atoms with Crippen LogP contribution in [0.3, 0.4) is 0 Å². The quantitative estimate of drug-likeness (QED) is 0.811. The Balaban J connectivity index is 2.49. The summed E-state index contributed by atoms with van der Waals surface area (Å²) in [5.41, 5.74) is 0. The molecule has 0 amide bonds. The molecule has 1 heterocycles. The maximum Gasteiger partial charge on any atom is 0.236 e. The fraction of sp³-hybridized carbons (Fsp3) is 0.571. The van der Waals surface area contributed by atoms with Crippen LogP contribution in [0.2, 0.25) is 0 Å². The fourth-order valence-corrected chi connectivity index (χ4v) is 3.06. The first-order chi connectivity index (χ1) is 7.03. The molecular weight excluding hydrogens is 304 g/mol. The van der Waals surface area contributed by atoms with Gasteiger partial charge in [0.05, 0.1) is 22.3 Å². The summed E-state index contributed by atoms with van der Waals surface area (Å²) in [4.78, 5) is 3.87. The van der Waals surface area contributed by atoms with Gasteiger partial charge in [0.15, 0.2) is 5.13 Å². The Morgan fingerprint density at radius 2 is 2.40 bits per heavy atom. The largest absolute Gasteiger partial charge is 0.381 e. The molecular formula is C7H11BrN2O3S2. The monoisotopic (exact) mass is 314 g/mol. The Hall–Kier alpha value is -0.180. The number of anilines is 1. The summed E-state index contributed by atoms with van der Waals surface area (Å²) in [5, 5.41) is 0.360. The topological polar surface area (TPSA) is 68.3 Å². The number of rotatable bonds is 6. The lowest BCUT2D eigenvalue weighted by Gasteiger charge is -2.04. The molecule has 0 aliphatic heterocycles. The summed E-state index contributed by atoms with van der Waals surface area (Å²) >= 11 is 4.43. The van der Waals surface area contributed by atoms with E-state index in [1.165, 1.54) is 11.3 Å². The zero-order valence-electron chi connectivity index (χ0n) is 8.07. The molecule has 86 valence electrons. The van der Waals surface area contributed by atoms with Gasteiger partial charge in [-0.05, 0) is 22.9 Å². The van der Waals surface area contributed by atoms with Gasteiger partial charge in [-0.2, -0.15) is 0 Å². The second-order valence-electron chi connectivity index (χ2n) is 2.59. The van der Waals surface area contributed by atoms with Crippen LogP contribution in [0.15, 0.2) is 9.98 Å². The molecule has 0 aliphatic rings. The zero-order chi connectivity index (χ0) is 11.3. The van der Waals surface area contributed by atoms with Crippen LogP contribution >= 0.6 is 27.3 Å². The molecule has 0 fully saturated rings. The number of halogens is 1. The van der Waals surface area contributed by atoms with E-state index >= 15 is 0 Å². The molecule has 0 saturated carbocycles. The molecule has 0 atom stereocenters. The van der Waals surface area contributed by atoms with Crippen LogP contribution in [0, 0.1) is 0 Å². The van der Waals surface area contributed by atoms with Crippen molar-refractivity contribution in [2.45, 2.75) is 6.92 Å². The van der Waals surface area contributed by atoms with Crippen molar-refractivity contribution in [3.8, 4) is 0 Å². The van der Waals surface area contributed by atoms with E-state index in [1.54, 1.807) is 6.20 Å². The van der Waals surface area contributed by atoms with Crippen molar-refractivity contribution in [1.82, 2.24) is 4.98 Å². The maximum atomic E-state index is 11.4. The Kier molecular flexibility index (Phi) is 4.97. The van der Waals surface area contributed by atoms with Gasteiger partial charge < -0.3 is 4.74 Å². The van der Waals surface area contributed by atoms with E-state index in [4.69, 9.17) is 4.74 Å². The molecule has 0 radical (unpaired) electrons. The number of ether oxygens (including phenoxy) is 1. The number of aromatic nitrogens is 1. The summed E-state index contributed by atoms with van der Waals surface area (Å²) in [6, 6.07) is 0. The molecule has 1 N–H and O–H groups in total. The zero-order valence-corrected chi connectivity index (χ0v) is 11.3. The predicted octanol–water partition coefficient (Wildman–Crippen LogP) is 1.68. The van der Waals surface area contributed by atoms with Gasteiger partial charge in [0, 0.05) is 6.61 Å². The van der Waals surface area contributed by atoms with Crippen LogP contribution in [0.1, 0.15) is 6.92 Å². The van der Waals surface area contributed by atoms with E-state index in [0.29, 0.717) is 11.7 Å². The second kappa shape index (κ2) is 5.78. The Morgan fingerprint density at radius 3 is 2.93 bits per heavy atom. The van der Waals surface area contributed by atoms with Crippen LogP contribution in [-0.2, 0) is 14.8 Å². The van der Waals surface area contributed by atoms with Crippen LogP contribution in [0.4, 0.5) is 5.13 Å². The highest BCUT2D eigenvalue weighted by Crippen LogP contribution is 2.23. The summed E-state index contributed by atoms with van der Waals surface area (Å²) in [5.74, 6) is -0.0575. The SMILES string of the molecule is CCOCCS(=O)(=O)Nc1ncc(Br)s1. The van der Waals surface area contributed by atoms with Gasteiger partial charge >= 0.3 is 0 Å². The Morgan fingerprint density at radius 1 is 1.67 bits per heavy atom. The lowest BCUT2D eigenvalue weighted by Crippen LogP contribution is -2.20. The summed E-state index contributed by atoms with van der Waals surface area (Å²) in [7, 11) is -3.34. The van der Waals surface area contributed by atoms with Gasteiger partial charge in [-0.15, -0.1) is 0 Å². The summed E-state index contributed by atoms with van der Waals surface area (Å²) in [6.07, 6.45) is 1.55. The molecule has 0 spiro atoms. The number of hydrogen-bond donors (Lipinski definition) is 1. The first-order valence-corrected chi connectivity index (χ1v) is 7.49. The highest BCUT2D eigenvalue weighted by Gasteiger charge is 2.12.